The fraction of sp³-hybridized carbons (Fsp3) is 0.867. The predicted molar refractivity (Wildman–Crippen MR) is 92.0 cm³/mol. The van der Waals surface area contributed by atoms with Crippen LogP contribution in [0.2, 0.25) is 0 Å². The summed E-state index contributed by atoms with van der Waals surface area (Å²) in [6.45, 7) is 3.64. The van der Waals surface area contributed by atoms with Gasteiger partial charge in [0.15, 0.2) is 5.96 Å². The van der Waals surface area contributed by atoms with E-state index in [9.17, 15) is 4.79 Å². The quantitative estimate of drug-likeness (QED) is 0.239. The highest BCUT2D eigenvalue weighted by atomic mass is 35.5. The van der Waals surface area contributed by atoms with E-state index in [2.05, 4.69) is 17.6 Å². The number of rotatable bonds is 13. The molecule has 126 valence electrons. The number of carbonyl (C=O) groups excluding carboxylic acids is 1. The van der Waals surface area contributed by atoms with E-state index in [4.69, 9.17) is 11.1 Å². The van der Waals surface area contributed by atoms with Crippen LogP contribution >= 0.6 is 12.4 Å². The maximum absolute atomic E-state index is 11.5. The molecule has 0 saturated carbocycles. The number of halogens is 1. The molecule has 0 aliphatic heterocycles. The third-order valence-corrected chi connectivity index (χ3v) is 3.25. The number of nitrogens with two attached hydrogens (primary N) is 1. The van der Waals surface area contributed by atoms with Gasteiger partial charge in [-0.15, -0.1) is 12.4 Å². The Morgan fingerprint density at radius 3 is 2.00 bits per heavy atom. The summed E-state index contributed by atoms with van der Waals surface area (Å²) in [6, 6.07) is 0. The number of amides is 1. The third kappa shape index (κ3) is 19.0. The zero-order valence-corrected chi connectivity index (χ0v) is 14.2. The summed E-state index contributed by atoms with van der Waals surface area (Å²) < 4.78 is 0. The second-order valence-corrected chi connectivity index (χ2v) is 5.27. The Labute approximate surface area is 135 Å². The Hall–Kier alpha value is -0.970. The first-order valence-electron chi connectivity index (χ1n) is 8.01. The Morgan fingerprint density at radius 2 is 1.43 bits per heavy atom. The van der Waals surface area contributed by atoms with Gasteiger partial charge >= 0.3 is 0 Å². The van der Waals surface area contributed by atoms with Crippen LogP contribution in [0.3, 0.4) is 0 Å². The fourth-order valence-electron chi connectivity index (χ4n) is 2.03. The van der Waals surface area contributed by atoms with E-state index >= 15 is 0 Å². The molecule has 0 radical (unpaired) electrons. The first-order valence-corrected chi connectivity index (χ1v) is 8.01. The Kier molecular flexibility index (Phi) is 18.2. The van der Waals surface area contributed by atoms with Gasteiger partial charge in [-0.2, -0.15) is 0 Å². The molecule has 5 N–H and O–H groups in total. The maximum atomic E-state index is 11.5. The second kappa shape index (κ2) is 17.1. The van der Waals surface area contributed by atoms with E-state index in [1.807, 2.05) is 0 Å². The molecule has 0 fully saturated rings. The molecule has 0 aromatic carbocycles. The average molecular weight is 321 g/mol. The van der Waals surface area contributed by atoms with Crippen molar-refractivity contribution in [2.75, 3.05) is 13.1 Å². The van der Waals surface area contributed by atoms with Gasteiger partial charge in [-0.05, 0) is 19.3 Å². The monoisotopic (exact) mass is 320 g/mol. The molecular formula is C15H33ClN4O. The summed E-state index contributed by atoms with van der Waals surface area (Å²) in [5.41, 5.74) is 5.16. The van der Waals surface area contributed by atoms with Crippen LogP contribution in [-0.4, -0.2) is 25.0 Å². The van der Waals surface area contributed by atoms with Crippen molar-refractivity contribution >= 4 is 24.3 Å². The predicted octanol–water partition coefficient (Wildman–Crippen LogP) is 2.93. The molecule has 0 saturated heterocycles. The normalized spacial score (nSPS) is 9.76. The van der Waals surface area contributed by atoms with Crippen LogP contribution in [0, 0.1) is 5.41 Å². The average Bonchev–Trinajstić information content (AvgIpc) is 2.41. The topological polar surface area (TPSA) is 91.0 Å². The van der Waals surface area contributed by atoms with E-state index in [1.54, 1.807) is 0 Å². The van der Waals surface area contributed by atoms with Crippen LogP contribution in [0.15, 0.2) is 0 Å². The maximum Gasteiger partial charge on any atom is 0.219 e. The standard InChI is InChI=1S/C15H32N4O.ClH/c1-2-3-4-5-6-7-8-11-14(20)18-12-9-10-13-19-15(16)17;/h2-13H2,1H3,(H,18,20)(H4,16,17,19);1H. The number of unbranched alkanes of at least 4 members (excludes halogenated alkanes) is 7. The Bertz CT molecular complexity index is 262. The third-order valence-electron chi connectivity index (χ3n) is 3.25. The fourth-order valence-corrected chi connectivity index (χ4v) is 2.03. The molecule has 21 heavy (non-hydrogen) atoms. The molecule has 0 rings (SSSR count). The van der Waals surface area contributed by atoms with Gasteiger partial charge in [0.1, 0.15) is 0 Å². The summed E-state index contributed by atoms with van der Waals surface area (Å²) in [5, 5.41) is 12.7. The van der Waals surface area contributed by atoms with Crippen molar-refractivity contribution in [3.05, 3.63) is 0 Å². The van der Waals surface area contributed by atoms with Gasteiger partial charge in [-0.25, -0.2) is 0 Å². The molecule has 6 heteroatoms. The molecule has 0 aromatic rings. The molecule has 0 bridgehead atoms. The zero-order valence-electron chi connectivity index (χ0n) is 13.4. The summed E-state index contributed by atoms with van der Waals surface area (Å²) in [4.78, 5) is 11.5. The number of carbonyl (C=O) groups is 1. The SMILES string of the molecule is CCCCCCCCCC(=O)NCCCCNC(=N)N.Cl. The highest BCUT2D eigenvalue weighted by Crippen LogP contribution is 2.08. The molecular weight excluding hydrogens is 288 g/mol. The summed E-state index contributed by atoms with van der Waals surface area (Å²) >= 11 is 0. The Balaban J connectivity index is 0. The van der Waals surface area contributed by atoms with Gasteiger partial charge in [-0.3, -0.25) is 10.2 Å². The first kappa shape index (κ1) is 22.3. The lowest BCUT2D eigenvalue weighted by Crippen LogP contribution is -2.31. The van der Waals surface area contributed by atoms with E-state index < -0.39 is 0 Å². The van der Waals surface area contributed by atoms with Gasteiger partial charge in [-0.1, -0.05) is 45.4 Å². The molecule has 1 amide bonds. The molecule has 0 unspecified atom stereocenters. The number of nitrogens with one attached hydrogen (secondary N) is 3. The molecule has 0 spiro atoms. The molecule has 0 atom stereocenters. The van der Waals surface area contributed by atoms with Gasteiger partial charge in [0, 0.05) is 19.5 Å². The van der Waals surface area contributed by atoms with Crippen LogP contribution < -0.4 is 16.4 Å². The Morgan fingerprint density at radius 1 is 0.905 bits per heavy atom. The van der Waals surface area contributed by atoms with Crippen molar-refractivity contribution < 1.29 is 4.79 Å². The largest absolute Gasteiger partial charge is 0.370 e. The summed E-state index contributed by atoms with van der Waals surface area (Å²) in [7, 11) is 0. The van der Waals surface area contributed by atoms with Crippen molar-refractivity contribution in [2.45, 2.75) is 71.1 Å². The highest BCUT2D eigenvalue weighted by Gasteiger charge is 2.00. The van der Waals surface area contributed by atoms with E-state index in [0.29, 0.717) is 13.0 Å². The van der Waals surface area contributed by atoms with E-state index in [-0.39, 0.29) is 24.3 Å². The minimum Gasteiger partial charge on any atom is -0.370 e. The molecule has 5 nitrogen and oxygen atoms in total. The summed E-state index contributed by atoms with van der Waals surface area (Å²) in [6.07, 6.45) is 11.2. The van der Waals surface area contributed by atoms with Crippen molar-refractivity contribution in [2.24, 2.45) is 5.73 Å². The van der Waals surface area contributed by atoms with E-state index in [1.165, 1.54) is 38.5 Å². The summed E-state index contributed by atoms with van der Waals surface area (Å²) in [5.74, 6) is 0.172. The number of guanidine groups is 1. The van der Waals surface area contributed by atoms with E-state index in [0.717, 1.165) is 25.8 Å². The van der Waals surface area contributed by atoms with Crippen molar-refractivity contribution in [3.8, 4) is 0 Å². The number of hydrogen-bond donors (Lipinski definition) is 4. The lowest BCUT2D eigenvalue weighted by molar-refractivity contribution is -0.121. The second-order valence-electron chi connectivity index (χ2n) is 5.27. The lowest BCUT2D eigenvalue weighted by atomic mass is 10.1. The minimum absolute atomic E-state index is 0. The lowest BCUT2D eigenvalue weighted by Gasteiger charge is -2.06. The van der Waals surface area contributed by atoms with Crippen LogP contribution in [-0.2, 0) is 4.79 Å². The first-order chi connectivity index (χ1) is 9.66. The minimum atomic E-state index is 0. The van der Waals surface area contributed by atoms with Crippen LogP contribution in [0.4, 0.5) is 0 Å². The smallest absolute Gasteiger partial charge is 0.219 e. The zero-order chi connectivity index (χ0) is 15.1. The van der Waals surface area contributed by atoms with Gasteiger partial charge in [0.25, 0.3) is 0 Å². The highest BCUT2D eigenvalue weighted by molar-refractivity contribution is 5.85. The van der Waals surface area contributed by atoms with Crippen molar-refractivity contribution in [3.63, 3.8) is 0 Å². The molecule has 0 aliphatic rings. The molecule has 0 aliphatic carbocycles. The van der Waals surface area contributed by atoms with Gasteiger partial charge in [0.2, 0.25) is 5.91 Å². The van der Waals surface area contributed by atoms with Crippen LogP contribution in [0.5, 0.6) is 0 Å². The van der Waals surface area contributed by atoms with Gasteiger partial charge < -0.3 is 16.4 Å². The number of hydrogen-bond acceptors (Lipinski definition) is 2. The van der Waals surface area contributed by atoms with Crippen molar-refractivity contribution in [1.29, 1.82) is 5.41 Å². The van der Waals surface area contributed by atoms with Crippen molar-refractivity contribution in [1.82, 2.24) is 10.6 Å². The van der Waals surface area contributed by atoms with Gasteiger partial charge in [0.05, 0.1) is 0 Å². The molecule has 0 heterocycles. The van der Waals surface area contributed by atoms with Crippen LogP contribution in [0.25, 0.3) is 0 Å². The van der Waals surface area contributed by atoms with Crippen LogP contribution in [0.1, 0.15) is 71.1 Å². The molecule has 0 aromatic heterocycles.